The van der Waals surface area contributed by atoms with Gasteiger partial charge in [0.1, 0.15) is 13.1 Å². The number of quaternary nitrogens is 1. The predicted octanol–water partition coefficient (Wildman–Crippen LogP) is -3.36. The van der Waals surface area contributed by atoms with Gasteiger partial charge in [-0.3, -0.25) is 14.6 Å². The molecule has 0 aromatic carbocycles. The van der Waals surface area contributed by atoms with E-state index in [1.165, 1.54) is 11.0 Å². The van der Waals surface area contributed by atoms with Crippen LogP contribution in [0.1, 0.15) is 5.69 Å². The van der Waals surface area contributed by atoms with Crippen molar-refractivity contribution in [2.45, 2.75) is 6.42 Å². The van der Waals surface area contributed by atoms with Gasteiger partial charge in [0.25, 0.3) is 5.56 Å². The largest absolute Gasteiger partial charge is 0.370 e. The summed E-state index contributed by atoms with van der Waals surface area (Å²) >= 11 is 0. The van der Waals surface area contributed by atoms with Crippen molar-refractivity contribution in [3.8, 4) is 0 Å². The van der Waals surface area contributed by atoms with Gasteiger partial charge in [0, 0.05) is 11.8 Å². The van der Waals surface area contributed by atoms with Crippen LogP contribution in [0.3, 0.4) is 0 Å². The maximum Gasteiger partial charge on any atom is 0.325 e. The van der Waals surface area contributed by atoms with E-state index in [0.29, 0.717) is 12.2 Å². The molecule has 0 saturated carbocycles. The number of hydrogen-bond acceptors (Lipinski definition) is 4. The average Bonchev–Trinajstić information content (AvgIpc) is 2.38. The zero-order valence-electron chi connectivity index (χ0n) is 11.2. The highest BCUT2D eigenvalue weighted by Gasteiger charge is 2.13. The maximum absolute atomic E-state index is 11.7. The molecule has 1 aromatic heterocycles. The molecule has 0 spiro atoms. The lowest BCUT2D eigenvalue weighted by Crippen LogP contribution is -3.14. The van der Waals surface area contributed by atoms with Crippen LogP contribution in [-0.4, -0.2) is 55.3 Å². The fourth-order valence-corrected chi connectivity index (χ4v) is 2.14. The molecule has 110 valence electrons. The summed E-state index contributed by atoms with van der Waals surface area (Å²) in [6.07, 6.45) is -0.00238. The molecule has 1 amide bonds. The lowest BCUT2D eigenvalue weighted by atomic mass is 10.3. The summed E-state index contributed by atoms with van der Waals surface area (Å²) in [5.41, 5.74) is -0.789. The van der Waals surface area contributed by atoms with E-state index >= 15 is 0 Å². The van der Waals surface area contributed by atoms with E-state index in [-0.39, 0.29) is 12.3 Å². The molecule has 0 atom stereocenters. The number of rotatable bonds is 5. The molecule has 2 heterocycles. The van der Waals surface area contributed by atoms with Crippen LogP contribution in [0.15, 0.2) is 15.7 Å². The molecule has 1 aromatic rings. The Balaban J connectivity index is 1.74. The van der Waals surface area contributed by atoms with E-state index in [1.807, 2.05) is 0 Å². The van der Waals surface area contributed by atoms with Gasteiger partial charge in [-0.05, 0) is 0 Å². The van der Waals surface area contributed by atoms with Gasteiger partial charge >= 0.3 is 5.69 Å². The Morgan fingerprint density at radius 2 is 2.05 bits per heavy atom. The van der Waals surface area contributed by atoms with Crippen LogP contribution in [0.4, 0.5) is 0 Å². The molecule has 0 unspecified atom stereocenters. The van der Waals surface area contributed by atoms with Crippen molar-refractivity contribution in [1.82, 2.24) is 15.3 Å². The number of carbonyl (C=O) groups excluding carboxylic acids is 1. The number of nitrogens with one attached hydrogen (secondary N) is 4. The van der Waals surface area contributed by atoms with Crippen LogP contribution in [0, 0.1) is 0 Å². The zero-order valence-corrected chi connectivity index (χ0v) is 11.2. The van der Waals surface area contributed by atoms with Gasteiger partial charge in [-0.25, -0.2) is 4.79 Å². The van der Waals surface area contributed by atoms with E-state index in [0.717, 1.165) is 32.8 Å². The summed E-state index contributed by atoms with van der Waals surface area (Å²) in [4.78, 5) is 39.7. The highest BCUT2D eigenvalue weighted by Crippen LogP contribution is 1.87. The number of aromatic nitrogens is 2. The highest BCUT2D eigenvalue weighted by molar-refractivity contribution is 5.77. The number of morpholine rings is 1. The van der Waals surface area contributed by atoms with Crippen LogP contribution >= 0.6 is 0 Å². The van der Waals surface area contributed by atoms with Crippen molar-refractivity contribution in [2.75, 3.05) is 39.4 Å². The third-order valence-corrected chi connectivity index (χ3v) is 3.17. The standard InChI is InChI=1S/C12H18N4O4/c17-10(7-9-8-11(18)15-12(19)14-9)13-1-2-16-3-5-20-6-4-16/h8H,1-7H2,(H,13,17)(H2,14,15,18,19)/p+1. The van der Waals surface area contributed by atoms with Crippen LogP contribution in [0.5, 0.6) is 0 Å². The van der Waals surface area contributed by atoms with Gasteiger partial charge in [0.05, 0.1) is 32.7 Å². The summed E-state index contributed by atoms with van der Waals surface area (Å²) in [5.74, 6) is -0.209. The second-order valence-corrected chi connectivity index (χ2v) is 4.75. The number of H-pyrrole nitrogens is 2. The quantitative estimate of drug-likeness (QED) is 0.452. The summed E-state index contributed by atoms with van der Waals surface area (Å²) in [6, 6.07) is 1.22. The highest BCUT2D eigenvalue weighted by atomic mass is 16.5. The third kappa shape index (κ3) is 4.63. The second-order valence-electron chi connectivity index (χ2n) is 4.75. The lowest BCUT2D eigenvalue weighted by Gasteiger charge is -2.23. The number of amides is 1. The zero-order chi connectivity index (χ0) is 14.4. The van der Waals surface area contributed by atoms with E-state index in [2.05, 4.69) is 15.3 Å². The first kappa shape index (κ1) is 14.5. The molecule has 8 nitrogen and oxygen atoms in total. The molecule has 0 aliphatic carbocycles. The Hall–Kier alpha value is -1.93. The molecule has 4 N–H and O–H groups in total. The third-order valence-electron chi connectivity index (χ3n) is 3.17. The number of ether oxygens (including phenoxy) is 1. The minimum atomic E-state index is -0.599. The first-order chi connectivity index (χ1) is 9.63. The van der Waals surface area contributed by atoms with Gasteiger partial charge in [-0.15, -0.1) is 0 Å². The molecule has 1 fully saturated rings. The number of hydrogen-bond donors (Lipinski definition) is 4. The van der Waals surface area contributed by atoms with Crippen molar-refractivity contribution >= 4 is 5.91 Å². The molecule has 1 aliphatic heterocycles. The van der Waals surface area contributed by atoms with Crippen LogP contribution in [-0.2, 0) is 16.0 Å². The van der Waals surface area contributed by atoms with Gasteiger partial charge in [0.2, 0.25) is 5.91 Å². The van der Waals surface area contributed by atoms with Gasteiger partial charge in [-0.1, -0.05) is 0 Å². The monoisotopic (exact) mass is 283 g/mol. The Bertz CT molecular complexity index is 531. The van der Waals surface area contributed by atoms with Crippen LogP contribution < -0.4 is 21.5 Å². The van der Waals surface area contributed by atoms with Crippen molar-refractivity contribution in [2.24, 2.45) is 0 Å². The molecule has 0 radical (unpaired) electrons. The maximum atomic E-state index is 11.7. The van der Waals surface area contributed by atoms with E-state index in [4.69, 9.17) is 4.74 Å². The minimum absolute atomic E-state index is 0.00238. The summed E-state index contributed by atoms with van der Waals surface area (Å²) in [6.45, 7) is 4.85. The van der Waals surface area contributed by atoms with Crippen molar-refractivity contribution < 1.29 is 14.4 Å². The topological polar surface area (TPSA) is 108 Å². The molecule has 20 heavy (non-hydrogen) atoms. The summed E-state index contributed by atoms with van der Waals surface area (Å²) in [7, 11) is 0. The molecule has 1 saturated heterocycles. The van der Waals surface area contributed by atoms with Gasteiger partial charge in [0.15, 0.2) is 0 Å². The van der Waals surface area contributed by atoms with Crippen LogP contribution in [0.2, 0.25) is 0 Å². The fourth-order valence-electron chi connectivity index (χ4n) is 2.14. The van der Waals surface area contributed by atoms with Gasteiger partial charge < -0.3 is 19.9 Å². The molecular formula is C12H19N4O4+. The Morgan fingerprint density at radius 3 is 2.75 bits per heavy atom. The Morgan fingerprint density at radius 1 is 1.30 bits per heavy atom. The predicted molar refractivity (Wildman–Crippen MR) is 70.8 cm³/mol. The lowest BCUT2D eigenvalue weighted by molar-refractivity contribution is -0.906. The SMILES string of the molecule is O=C(Cc1cc(=O)[nH]c(=O)[nH]1)NCC[NH+]1CCOCC1. The molecule has 8 heteroatoms. The average molecular weight is 283 g/mol. The first-order valence-electron chi connectivity index (χ1n) is 6.64. The normalized spacial score (nSPS) is 16.0. The summed E-state index contributed by atoms with van der Waals surface area (Å²) in [5, 5.41) is 2.78. The van der Waals surface area contributed by atoms with E-state index in [1.54, 1.807) is 0 Å². The van der Waals surface area contributed by atoms with Crippen LogP contribution in [0.25, 0.3) is 0 Å². The second kappa shape index (κ2) is 7.01. The molecular weight excluding hydrogens is 264 g/mol. The van der Waals surface area contributed by atoms with Crippen molar-refractivity contribution in [3.63, 3.8) is 0 Å². The van der Waals surface area contributed by atoms with Crippen molar-refractivity contribution in [1.29, 1.82) is 0 Å². The summed E-state index contributed by atoms with van der Waals surface area (Å²) < 4.78 is 5.25. The first-order valence-corrected chi connectivity index (χ1v) is 6.64. The molecule has 1 aliphatic rings. The Labute approximate surface area is 115 Å². The fraction of sp³-hybridized carbons (Fsp3) is 0.583. The number of aromatic amines is 2. The number of carbonyl (C=O) groups is 1. The Kier molecular flexibility index (Phi) is 5.08. The van der Waals surface area contributed by atoms with E-state index < -0.39 is 11.2 Å². The van der Waals surface area contributed by atoms with Gasteiger partial charge in [-0.2, -0.15) is 0 Å². The minimum Gasteiger partial charge on any atom is -0.370 e. The smallest absolute Gasteiger partial charge is 0.325 e. The van der Waals surface area contributed by atoms with Crippen molar-refractivity contribution in [3.05, 3.63) is 32.6 Å². The van der Waals surface area contributed by atoms with E-state index in [9.17, 15) is 14.4 Å². The molecule has 2 rings (SSSR count). The molecule has 0 bridgehead atoms.